The molecule has 0 spiro atoms. The number of aliphatic hydroxyl groups is 1. The average Bonchev–Trinajstić information content (AvgIpc) is 2.47. The third-order valence-corrected chi connectivity index (χ3v) is 4.11. The van der Waals surface area contributed by atoms with Gasteiger partial charge in [0.1, 0.15) is 0 Å². The first-order valence-electron chi connectivity index (χ1n) is 7.06. The Morgan fingerprint density at radius 1 is 1.19 bits per heavy atom. The first-order chi connectivity index (χ1) is 10.1. The van der Waals surface area contributed by atoms with Crippen molar-refractivity contribution >= 4 is 21.6 Å². The molecule has 2 aromatic carbocycles. The fraction of sp³-hybridized carbons (Fsp3) is 0.294. The summed E-state index contributed by atoms with van der Waals surface area (Å²) >= 11 is 3.58. The molecule has 0 aromatic heterocycles. The topological polar surface area (TPSA) is 49.5 Å². The van der Waals surface area contributed by atoms with Crippen molar-refractivity contribution in [2.75, 3.05) is 18.1 Å². The second-order valence-corrected chi connectivity index (χ2v) is 5.98. The summed E-state index contributed by atoms with van der Waals surface area (Å²) in [7, 11) is 0. The van der Waals surface area contributed by atoms with Gasteiger partial charge in [-0.25, -0.2) is 0 Å². The highest BCUT2D eigenvalue weighted by molar-refractivity contribution is 9.10. The zero-order valence-electron chi connectivity index (χ0n) is 12.2. The number of nitrogens with zero attached hydrogens (tertiary/aromatic N) is 1. The molecule has 1 atom stereocenters. The number of hydrogen-bond acceptors (Lipinski definition) is 3. The van der Waals surface area contributed by atoms with Crippen molar-refractivity contribution < 1.29 is 5.11 Å². The van der Waals surface area contributed by atoms with E-state index in [0.29, 0.717) is 6.54 Å². The average molecular weight is 349 g/mol. The lowest BCUT2D eigenvalue weighted by Gasteiger charge is -2.25. The SMILES string of the molecule is C[C@@H](N)c1ccc(N(CCO)Cc2ccccc2)cc1Br. The summed E-state index contributed by atoms with van der Waals surface area (Å²) in [6.07, 6.45) is 0. The van der Waals surface area contributed by atoms with Crippen molar-refractivity contribution in [1.29, 1.82) is 0 Å². The lowest BCUT2D eigenvalue weighted by atomic mass is 10.1. The largest absolute Gasteiger partial charge is 0.395 e. The molecule has 112 valence electrons. The van der Waals surface area contributed by atoms with E-state index in [1.54, 1.807) is 0 Å². The van der Waals surface area contributed by atoms with Crippen LogP contribution in [0.4, 0.5) is 5.69 Å². The van der Waals surface area contributed by atoms with Crippen molar-refractivity contribution in [3.05, 3.63) is 64.1 Å². The lowest BCUT2D eigenvalue weighted by molar-refractivity contribution is 0.301. The highest BCUT2D eigenvalue weighted by Gasteiger charge is 2.11. The van der Waals surface area contributed by atoms with E-state index in [4.69, 9.17) is 5.73 Å². The van der Waals surface area contributed by atoms with Gasteiger partial charge in [-0.3, -0.25) is 0 Å². The number of halogens is 1. The van der Waals surface area contributed by atoms with E-state index in [0.717, 1.165) is 22.3 Å². The Labute approximate surface area is 134 Å². The maximum atomic E-state index is 9.31. The van der Waals surface area contributed by atoms with Crippen LogP contribution in [-0.2, 0) is 6.54 Å². The predicted molar refractivity (Wildman–Crippen MR) is 91.3 cm³/mol. The first kappa shape index (κ1) is 16.0. The van der Waals surface area contributed by atoms with Crippen LogP contribution in [0.2, 0.25) is 0 Å². The number of nitrogens with two attached hydrogens (primary N) is 1. The molecule has 0 saturated heterocycles. The van der Waals surface area contributed by atoms with Gasteiger partial charge in [0, 0.05) is 29.3 Å². The third-order valence-electron chi connectivity index (χ3n) is 3.43. The lowest BCUT2D eigenvalue weighted by Crippen LogP contribution is -2.26. The Balaban J connectivity index is 2.24. The van der Waals surface area contributed by atoms with Gasteiger partial charge in [-0.15, -0.1) is 0 Å². The monoisotopic (exact) mass is 348 g/mol. The van der Waals surface area contributed by atoms with Gasteiger partial charge >= 0.3 is 0 Å². The molecule has 0 amide bonds. The maximum Gasteiger partial charge on any atom is 0.0606 e. The molecular formula is C17H21BrN2O. The number of aliphatic hydroxyl groups excluding tert-OH is 1. The molecule has 0 aliphatic rings. The summed E-state index contributed by atoms with van der Waals surface area (Å²) in [6, 6.07) is 16.4. The standard InChI is InChI=1S/C17H21BrN2O/c1-13(19)16-8-7-15(11-17(16)18)20(9-10-21)12-14-5-3-2-4-6-14/h2-8,11,13,21H,9-10,12,19H2,1H3/t13-/m1/s1. The number of hydrogen-bond donors (Lipinski definition) is 2. The van der Waals surface area contributed by atoms with Crippen LogP contribution < -0.4 is 10.6 Å². The van der Waals surface area contributed by atoms with Gasteiger partial charge in [0.05, 0.1) is 6.61 Å². The molecule has 2 aromatic rings. The summed E-state index contributed by atoms with van der Waals surface area (Å²) in [5, 5.41) is 9.31. The minimum absolute atomic E-state index is 0.00570. The maximum absolute atomic E-state index is 9.31. The summed E-state index contributed by atoms with van der Waals surface area (Å²) in [5.41, 5.74) is 9.32. The molecule has 3 nitrogen and oxygen atoms in total. The Bertz CT molecular complexity index is 572. The summed E-state index contributed by atoms with van der Waals surface area (Å²) in [5.74, 6) is 0. The zero-order valence-corrected chi connectivity index (χ0v) is 13.8. The van der Waals surface area contributed by atoms with Crippen molar-refractivity contribution in [3.8, 4) is 0 Å². The van der Waals surface area contributed by atoms with Gasteiger partial charge in [-0.2, -0.15) is 0 Å². The molecule has 0 heterocycles. The van der Waals surface area contributed by atoms with E-state index in [2.05, 4.69) is 45.1 Å². The van der Waals surface area contributed by atoms with Gasteiger partial charge < -0.3 is 15.7 Å². The molecule has 0 fully saturated rings. The van der Waals surface area contributed by atoms with Crippen LogP contribution in [0.15, 0.2) is 53.0 Å². The molecule has 4 heteroatoms. The minimum atomic E-state index is -0.00570. The Hall–Kier alpha value is -1.36. The van der Waals surface area contributed by atoms with E-state index in [1.807, 2.05) is 31.2 Å². The first-order valence-corrected chi connectivity index (χ1v) is 7.86. The molecule has 0 unspecified atom stereocenters. The van der Waals surface area contributed by atoms with Crippen molar-refractivity contribution in [2.24, 2.45) is 5.73 Å². The molecule has 0 aliphatic heterocycles. The molecule has 2 rings (SSSR count). The third kappa shape index (κ3) is 4.30. The molecule has 0 saturated carbocycles. The van der Waals surface area contributed by atoms with Gasteiger partial charge in [0.2, 0.25) is 0 Å². The summed E-state index contributed by atoms with van der Waals surface area (Å²) in [4.78, 5) is 2.16. The minimum Gasteiger partial charge on any atom is -0.395 e. The van der Waals surface area contributed by atoms with E-state index in [-0.39, 0.29) is 12.6 Å². The fourth-order valence-corrected chi connectivity index (χ4v) is 3.03. The van der Waals surface area contributed by atoms with Crippen LogP contribution in [0.5, 0.6) is 0 Å². The second-order valence-electron chi connectivity index (χ2n) is 5.13. The van der Waals surface area contributed by atoms with Crippen LogP contribution >= 0.6 is 15.9 Å². The second kappa shape index (κ2) is 7.59. The molecule has 0 bridgehead atoms. The quantitative estimate of drug-likeness (QED) is 0.840. The number of benzene rings is 2. The van der Waals surface area contributed by atoms with Crippen molar-refractivity contribution in [2.45, 2.75) is 19.5 Å². The number of anilines is 1. The van der Waals surface area contributed by atoms with Gasteiger partial charge in [0.15, 0.2) is 0 Å². The van der Waals surface area contributed by atoms with E-state index in [9.17, 15) is 5.11 Å². The molecule has 3 N–H and O–H groups in total. The zero-order chi connectivity index (χ0) is 15.2. The molecule has 0 radical (unpaired) electrons. The van der Waals surface area contributed by atoms with Crippen LogP contribution in [0.1, 0.15) is 24.1 Å². The normalized spacial score (nSPS) is 12.2. The smallest absolute Gasteiger partial charge is 0.0606 e. The van der Waals surface area contributed by atoms with Gasteiger partial charge in [-0.1, -0.05) is 52.3 Å². The van der Waals surface area contributed by atoms with Crippen LogP contribution in [0.3, 0.4) is 0 Å². The molecule has 21 heavy (non-hydrogen) atoms. The van der Waals surface area contributed by atoms with E-state index in [1.165, 1.54) is 5.56 Å². The van der Waals surface area contributed by atoms with E-state index >= 15 is 0 Å². The fourth-order valence-electron chi connectivity index (χ4n) is 2.31. The van der Waals surface area contributed by atoms with Crippen molar-refractivity contribution in [1.82, 2.24) is 0 Å². The summed E-state index contributed by atoms with van der Waals surface area (Å²) < 4.78 is 1.01. The highest BCUT2D eigenvalue weighted by Crippen LogP contribution is 2.28. The summed E-state index contributed by atoms with van der Waals surface area (Å²) in [6.45, 7) is 3.46. The van der Waals surface area contributed by atoms with Crippen LogP contribution in [0.25, 0.3) is 0 Å². The Morgan fingerprint density at radius 3 is 2.48 bits per heavy atom. The predicted octanol–water partition coefficient (Wildman–Crippen LogP) is 3.47. The van der Waals surface area contributed by atoms with Crippen LogP contribution in [0, 0.1) is 0 Å². The Morgan fingerprint density at radius 2 is 1.90 bits per heavy atom. The van der Waals surface area contributed by atoms with Gasteiger partial charge in [0.25, 0.3) is 0 Å². The molecule has 0 aliphatic carbocycles. The highest BCUT2D eigenvalue weighted by atomic mass is 79.9. The van der Waals surface area contributed by atoms with Gasteiger partial charge in [-0.05, 0) is 30.2 Å². The number of rotatable bonds is 6. The van der Waals surface area contributed by atoms with Crippen LogP contribution in [-0.4, -0.2) is 18.3 Å². The van der Waals surface area contributed by atoms with E-state index < -0.39 is 0 Å². The molecular weight excluding hydrogens is 328 g/mol. The van der Waals surface area contributed by atoms with Crippen molar-refractivity contribution in [3.63, 3.8) is 0 Å². The Kier molecular flexibility index (Phi) is 5.79.